The van der Waals surface area contributed by atoms with Crippen LogP contribution in [0.1, 0.15) is 31.1 Å². The molecule has 2 rings (SSSR count). The van der Waals surface area contributed by atoms with E-state index in [9.17, 15) is 10.2 Å². The number of hydrogen-bond donors (Lipinski definition) is 4. The third kappa shape index (κ3) is 2.90. The second-order valence-electron chi connectivity index (χ2n) is 4.66. The lowest BCUT2D eigenvalue weighted by molar-refractivity contribution is 0.400. The van der Waals surface area contributed by atoms with Crippen LogP contribution in [0, 0.1) is 6.92 Å². The Morgan fingerprint density at radius 1 is 1.11 bits per heavy atom. The van der Waals surface area contributed by atoms with Gasteiger partial charge in [0.15, 0.2) is 5.82 Å². The molecule has 0 bridgehead atoms. The maximum absolute atomic E-state index is 9.90. The Balaban J connectivity index is 2.16. The van der Waals surface area contributed by atoms with Gasteiger partial charge in [-0.1, -0.05) is 19.0 Å². The number of aromatic nitrogens is 1. The monoisotopic (exact) mass is 263 g/mol. The highest BCUT2D eigenvalue weighted by molar-refractivity contribution is 5.68. The molecule has 4 N–H and O–H groups in total. The quantitative estimate of drug-likeness (QED) is 0.501. The first-order chi connectivity index (χ1) is 8.97. The van der Waals surface area contributed by atoms with Gasteiger partial charge in [0, 0.05) is 6.07 Å². The summed E-state index contributed by atoms with van der Waals surface area (Å²) in [5.74, 6) is 1.28. The van der Waals surface area contributed by atoms with Gasteiger partial charge in [-0.05, 0) is 30.5 Å². The molecule has 1 aromatic carbocycles. The zero-order valence-electron chi connectivity index (χ0n) is 11.1. The van der Waals surface area contributed by atoms with Crippen molar-refractivity contribution >= 4 is 11.5 Å². The third-order valence-electron chi connectivity index (χ3n) is 2.73. The highest BCUT2D eigenvalue weighted by atomic mass is 16.5. The lowest BCUT2D eigenvalue weighted by Crippen LogP contribution is -2.09. The highest BCUT2D eigenvalue weighted by Gasteiger charge is 2.12. The number of phenols is 2. The van der Waals surface area contributed by atoms with Crippen LogP contribution in [0.25, 0.3) is 0 Å². The van der Waals surface area contributed by atoms with Crippen molar-refractivity contribution in [2.75, 3.05) is 10.9 Å². The van der Waals surface area contributed by atoms with Crippen LogP contribution in [0.15, 0.2) is 22.7 Å². The maximum Gasteiger partial charge on any atom is 0.188 e. The van der Waals surface area contributed by atoms with Crippen molar-refractivity contribution in [1.82, 2.24) is 5.16 Å². The van der Waals surface area contributed by atoms with Crippen molar-refractivity contribution in [2.24, 2.45) is 0 Å². The topological polar surface area (TPSA) is 90.5 Å². The van der Waals surface area contributed by atoms with Crippen molar-refractivity contribution in [3.8, 4) is 11.5 Å². The molecule has 102 valence electrons. The molecule has 6 nitrogen and oxygen atoms in total. The average molecular weight is 263 g/mol. The predicted octanol–water partition coefficient (Wildman–Crippen LogP) is 2.96. The molecule has 0 aliphatic carbocycles. The van der Waals surface area contributed by atoms with Gasteiger partial charge in [0.25, 0.3) is 0 Å². The van der Waals surface area contributed by atoms with Gasteiger partial charge >= 0.3 is 0 Å². The van der Waals surface area contributed by atoms with Gasteiger partial charge in [0.1, 0.15) is 22.9 Å². The summed E-state index contributed by atoms with van der Waals surface area (Å²) in [5, 5.41) is 23.5. The first-order valence-corrected chi connectivity index (χ1v) is 5.98. The normalized spacial score (nSPS) is 10.7. The third-order valence-corrected chi connectivity index (χ3v) is 2.73. The van der Waals surface area contributed by atoms with E-state index in [-0.39, 0.29) is 23.1 Å². The Morgan fingerprint density at radius 2 is 1.74 bits per heavy atom. The molecule has 1 aromatic heterocycles. The van der Waals surface area contributed by atoms with Gasteiger partial charge < -0.3 is 14.7 Å². The molecule has 0 aliphatic rings. The standard InChI is InChI=1S/C13H17N3O3/c1-7(2)9-5-10(17)13(11(18)6-9)15-14-12-4-8(3)19-16-12/h4-7,15,17-18H,1-3H3,(H,14,16). The SMILES string of the molecule is Cc1cc(NNc2c(O)cc(C(C)C)cc2O)no1. The molecule has 6 heteroatoms. The molecule has 0 amide bonds. The lowest BCUT2D eigenvalue weighted by Gasteiger charge is -2.13. The minimum atomic E-state index is -0.0311. The first-order valence-electron chi connectivity index (χ1n) is 5.98. The molecule has 0 atom stereocenters. The molecule has 2 aromatic rings. The number of aryl methyl sites for hydroxylation is 1. The number of hydrazine groups is 1. The minimum Gasteiger partial charge on any atom is -0.506 e. The molecule has 0 saturated carbocycles. The van der Waals surface area contributed by atoms with Crippen LogP contribution in [0.3, 0.4) is 0 Å². The van der Waals surface area contributed by atoms with E-state index in [1.54, 1.807) is 25.1 Å². The Hall–Kier alpha value is -2.37. The van der Waals surface area contributed by atoms with Crippen molar-refractivity contribution in [3.63, 3.8) is 0 Å². The smallest absolute Gasteiger partial charge is 0.188 e. The number of nitrogens with zero attached hydrogens (tertiary/aromatic N) is 1. The van der Waals surface area contributed by atoms with Gasteiger partial charge in [-0.3, -0.25) is 10.9 Å². The minimum absolute atomic E-state index is 0.0311. The Labute approximate surface area is 111 Å². The number of nitrogens with one attached hydrogen (secondary N) is 2. The second kappa shape index (κ2) is 5.09. The van der Waals surface area contributed by atoms with E-state index in [0.717, 1.165) is 5.56 Å². The summed E-state index contributed by atoms with van der Waals surface area (Å²) in [7, 11) is 0. The molecule has 0 radical (unpaired) electrons. The van der Waals surface area contributed by atoms with Crippen molar-refractivity contribution in [2.45, 2.75) is 26.7 Å². The van der Waals surface area contributed by atoms with E-state index in [2.05, 4.69) is 16.0 Å². The lowest BCUT2D eigenvalue weighted by atomic mass is 10.0. The summed E-state index contributed by atoms with van der Waals surface area (Å²) in [6.07, 6.45) is 0. The van der Waals surface area contributed by atoms with E-state index in [4.69, 9.17) is 4.52 Å². The van der Waals surface area contributed by atoms with Crippen molar-refractivity contribution in [3.05, 3.63) is 29.5 Å². The molecule has 0 unspecified atom stereocenters. The average Bonchev–Trinajstić information content (AvgIpc) is 2.73. The van der Waals surface area contributed by atoms with Gasteiger partial charge in [-0.2, -0.15) is 0 Å². The van der Waals surface area contributed by atoms with Gasteiger partial charge in [0.2, 0.25) is 0 Å². The molecular weight excluding hydrogens is 246 g/mol. The van der Waals surface area contributed by atoms with Crippen LogP contribution >= 0.6 is 0 Å². The second-order valence-corrected chi connectivity index (χ2v) is 4.66. The van der Waals surface area contributed by atoms with Gasteiger partial charge in [0.05, 0.1) is 0 Å². The number of aromatic hydroxyl groups is 2. The summed E-state index contributed by atoms with van der Waals surface area (Å²) in [6, 6.07) is 4.91. The Kier molecular flexibility index (Phi) is 3.50. The maximum atomic E-state index is 9.90. The molecule has 19 heavy (non-hydrogen) atoms. The number of rotatable bonds is 4. The predicted molar refractivity (Wildman–Crippen MR) is 72.3 cm³/mol. The zero-order chi connectivity index (χ0) is 14.0. The van der Waals surface area contributed by atoms with E-state index >= 15 is 0 Å². The Bertz CT molecular complexity index is 555. The summed E-state index contributed by atoms with van der Waals surface area (Å²) in [4.78, 5) is 0. The number of anilines is 2. The van der Waals surface area contributed by atoms with E-state index in [1.807, 2.05) is 13.8 Å². The van der Waals surface area contributed by atoms with Crippen LogP contribution in [0.5, 0.6) is 11.5 Å². The van der Waals surface area contributed by atoms with Gasteiger partial charge in [-0.15, -0.1) is 0 Å². The summed E-state index contributed by atoms with van der Waals surface area (Å²) in [5.41, 5.74) is 6.50. The molecule has 1 heterocycles. The Morgan fingerprint density at radius 3 is 2.21 bits per heavy atom. The highest BCUT2D eigenvalue weighted by Crippen LogP contribution is 2.36. The number of phenolic OH excluding ortho intramolecular Hbond substituents is 2. The van der Waals surface area contributed by atoms with Crippen LogP contribution in [-0.2, 0) is 0 Å². The molecule has 0 fully saturated rings. The van der Waals surface area contributed by atoms with E-state index in [0.29, 0.717) is 11.6 Å². The zero-order valence-corrected chi connectivity index (χ0v) is 11.1. The summed E-state index contributed by atoms with van der Waals surface area (Å²) < 4.78 is 4.89. The van der Waals surface area contributed by atoms with Crippen LogP contribution in [-0.4, -0.2) is 15.4 Å². The molecule has 0 spiro atoms. The van der Waals surface area contributed by atoms with Crippen molar-refractivity contribution in [1.29, 1.82) is 0 Å². The largest absolute Gasteiger partial charge is 0.506 e. The number of hydrogen-bond acceptors (Lipinski definition) is 6. The summed E-state index contributed by atoms with van der Waals surface area (Å²) >= 11 is 0. The first kappa shape index (κ1) is 13.1. The van der Waals surface area contributed by atoms with E-state index < -0.39 is 0 Å². The summed E-state index contributed by atoms with van der Waals surface area (Å²) in [6.45, 7) is 5.74. The fraction of sp³-hybridized carbons (Fsp3) is 0.308. The number of benzene rings is 1. The molecule has 0 aliphatic heterocycles. The van der Waals surface area contributed by atoms with Crippen LogP contribution in [0.2, 0.25) is 0 Å². The fourth-order valence-electron chi connectivity index (χ4n) is 1.65. The molecule has 0 saturated heterocycles. The fourth-order valence-corrected chi connectivity index (χ4v) is 1.65. The van der Waals surface area contributed by atoms with Crippen LogP contribution in [0.4, 0.5) is 11.5 Å². The van der Waals surface area contributed by atoms with Gasteiger partial charge in [-0.25, -0.2) is 0 Å². The van der Waals surface area contributed by atoms with E-state index in [1.165, 1.54) is 0 Å². The van der Waals surface area contributed by atoms with Crippen LogP contribution < -0.4 is 10.9 Å². The van der Waals surface area contributed by atoms with Crippen molar-refractivity contribution < 1.29 is 14.7 Å². The molecular formula is C13H17N3O3.